The second kappa shape index (κ2) is 22.5. The van der Waals surface area contributed by atoms with E-state index in [-0.39, 0.29) is 18.3 Å². The molecule has 5 heteroatoms. The molecule has 0 radical (unpaired) electrons. The average Bonchev–Trinajstić information content (AvgIpc) is 3.27. The quantitative estimate of drug-likeness (QED) is 0.274. The first-order valence-corrected chi connectivity index (χ1v) is 13.3. The van der Waals surface area contributed by atoms with Crippen molar-refractivity contribution in [2.45, 2.75) is 111 Å². The van der Waals surface area contributed by atoms with Crippen LogP contribution >= 0.6 is 0 Å². The van der Waals surface area contributed by atoms with Crippen LogP contribution in [0.4, 0.5) is 0 Å². The first-order valence-electron chi connectivity index (χ1n) is 13.3. The lowest BCUT2D eigenvalue weighted by molar-refractivity contribution is -0.0248. The van der Waals surface area contributed by atoms with Crippen molar-refractivity contribution in [2.75, 3.05) is 26.9 Å². The van der Waals surface area contributed by atoms with Crippen LogP contribution in [0.15, 0.2) is 36.5 Å². The fourth-order valence-corrected chi connectivity index (χ4v) is 3.74. The zero-order valence-corrected chi connectivity index (χ0v) is 23.5. The van der Waals surface area contributed by atoms with E-state index in [1.807, 2.05) is 26.0 Å². The molecule has 2 rings (SSSR count). The van der Waals surface area contributed by atoms with Crippen molar-refractivity contribution in [3.63, 3.8) is 0 Å². The Morgan fingerprint density at radius 2 is 1.76 bits per heavy atom. The van der Waals surface area contributed by atoms with Crippen LogP contribution in [0.25, 0.3) is 0 Å². The third kappa shape index (κ3) is 16.6. The molecule has 2 aliphatic rings. The minimum Gasteiger partial charge on any atom is -0.400 e. The second-order valence-electron chi connectivity index (χ2n) is 8.99. The van der Waals surface area contributed by atoms with Gasteiger partial charge in [0.2, 0.25) is 0 Å². The Kier molecular flexibility index (Phi) is 23.3. The van der Waals surface area contributed by atoms with Crippen molar-refractivity contribution >= 4 is 0 Å². The predicted octanol–water partition coefficient (Wildman–Crippen LogP) is 6.49. The molecule has 0 bridgehead atoms. The number of hydrogen-bond acceptors (Lipinski definition) is 5. The average molecular weight is 485 g/mol. The third-order valence-corrected chi connectivity index (χ3v) is 5.84. The number of aliphatic hydroxyl groups is 2. The number of ether oxygens (including phenoxy) is 3. The molecule has 2 saturated heterocycles. The van der Waals surface area contributed by atoms with Gasteiger partial charge in [0.15, 0.2) is 0 Å². The van der Waals surface area contributed by atoms with Crippen LogP contribution in [0, 0.1) is 11.8 Å². The Morgan fingerprint density at radius 1 is 1.12 bits per heavy atom. The van der Waals surface area contributed by atoms with Crippen molar-refractivity contribution in [3.8, 4) is 0 Å². The Balaban J connectivity index is 0. The summed E-state index contributed by atoms with van der Waals surface area (Å²) in [5, 5.41) is 16.9. The standard InChI is InChI=1S/C16H28O3.C10H18O.C2H6.CH4O/c1-4-9-18-11-13(2)5-6-15(17)7-8-16-10-14(3)12-19-16;1-5-10-6-7(2)8(3)9(4)11-10;2*1-2/h5-6,13,15-17H,3-4,7-12H2,1-2H3;7,9-10H,3,5-6H2,1-2,4H3;1-2H3;2H,1H3/b6-5+;;;. The molecular weight excluding hydrogens is 428 g/mol. The molecule has 0 aromatic carbocycles. The SMILES string of the molecule is C=C1C(C)CC(CC)OC1C.C=C1COC(CCC(O)/C=C/C(C)COCCC)C1.CC.CO. The van der Waals surface area contributed by atoms with Gasteiger partial charge in [-0.3, -0.25) is 0 Å². The number of hydrogen-bond donors (Lipinski definition) is 2. The molecule has 2 fully saturated rings. The Labute approximate surface area is 211 Å². The summed E-state index contributed by atoms with van der Waals surface area (Å²) in [6.07, 6.45) is 10.4. The van der Waals surface area contributed by atoms with Gasteiger partial charge in [0, 0.05) is 13.7 Å². The van der Waals surface area contributed by atoms with E-state index in [2.05, 4.69) is 47.8 Å². The van der Waals surface area contributed by atoms with E-state index in [0.717, 1.165) is 64.4 Å². The van der Waals surface area contributed by atoms with Crippen molar-refractivity contribution in [1.82, 2.24) is 0 Å². The third-order valence-electron chi connectivity index (χ3n) is 5.84. The highest BCUT2D eigenvalue weighted by Crippen LogP contribution is 2.29. The van der Waals surface area contributed by atoms with E-state index in [0.29, 0.717) is 24.5 Å². The highest BCUT2D eigenvalue weighted by molar-refractivity contribution is 5.08. The minimum absolute atomic E-state index is 0.251. The molecule has 0 saturated carbocycles. The van der Waals surface area contributed by atoms with E-state index < -0.39 is 0 Å². The van der Waals surface area contributed by atoms with Crippen molar-refractivity contribution in [2.24, 2.45) is 11.8 Å². The summed E-state index contributed by atoms with van der Waals surface area (Å²) in [6, 6.07) is 0. The van der Waals surface area contributed by atoms with Crippen molar-refractivity contribution in [1.29, 1.82) is 0 Å². The van der Waals surface area contributed by atoms with Crippen LogP contribution in [0.2, 0.25) is 0 Å². The van der Waals surface area contributed by atoms with E-state index >= 15 is 0 Å². The predicted molar refractivity (Wildman–Crippen MR) is 145 cm³/mol. The second-order valence-corrected chi connectivity index (χ2v) is 8.99. The zero-order chi connectivity index (χ0) is 26.5. The molecule has 0 aromatic heterocycles. The Morgan fingerprint density at radius 3 is 2.26 bits per heavy atom. The Bertz CT molecular complexity index is 517. The summed E-state index contributed by atoms with van der Waals surface area (Å²) >= 11 is 0. The van der Waals surface area contributed by atoms with Crippen LogP contribution in [-0.2, 0) is 14.2 Å². The maximum atomic E-state index is 9.89. The van der Waals surface area contributed by atoms with Crippen LogP contribution in [0.1, 0.15) is 87.0 Å². The van der Waals surface area contributed by atoms with E-state index in [1.165, 1.54) is 5.57 Å². The molecule has 0 spiro atoms. The van der Waals surface area contributed by atoms with Gasteiger partial charge in [-0.05, 0) is 68.4 Å². The highest BCUT2D eigenvalue weighted by atomic mass is 16.5. The van der Waals surface area contributed by atoms with Crippen molar-refractivity contribution < 1.29 is 24.4 Å². The fourth-order valence-electron chi connectivity index (χ4n) is 3.74. The lowest BCUT2D eigenvalue weighted by atomic mass is 9.89. The lowest BCUT2D eigenvalue weighted by Crippen LogP contribution is -2.31. The molecule has 6 unspecified atom stereocenters. The van der Waals surface area contributed by atoms with Gasteiger partial charge in [0.05, 0.1) is 37.6 Å². The van der Waals surface area contributed by atoms with Crippen LogP contribution < -0.4 is 0 Å². The summed E-state index contributed by atoms with van der Waals surface area (Å²) in [5.41, 5.74) is 2.42. The Hall–Kier alpha value is -0.980. The maximum Gasteiger partial charge on any atom is 0.0760 e. The molecule has 34 heavy (non-hydrogen) atoms. The summed E-state index contributed by atoms with van der Waals surface area (Å²) in [6.45, 7) is 24.9. The smallest absolute Gasteiger partial charge is 0.0760 e. The van der Waals surface area contributed by atoms with Gasteiger partial charge in [0.25, 0.3) is 0 Å². The first kappa shape index (κ1) is 35.2. The van der Waals surface area contributed by atoms with Gasteiger partial charge in [0.1, 0.15) is 0 Å². The molecule has 2 aliphatic heterocycles. The highest BCUT2D eigenvalue weighted by Gasteiger charge is 2.26. The monoisotopic (exact) mass is 484 g/mol. The molecule has 202 valence electrons. The van der Waals surface area contributed by atoms with E-state index in [4.69, 9.17) is 19.3 Å². The van der Waals surface area contributed by atoms with Crippen LogP contribution in [-0.4, -0.2) is 61.6 Å². The topological polar surface area (TPSA) is 68.2 Å². The molecule has 6 atom stereocenters. The van der Waals surface area contributed by atoms with Crippen molar-refractivity contribution in [3.05, 3.63) is 36.5 Å². The lowest BCUT2D eigenvalue weighted by Gasteiger charge is -2.33. The van der Waals surface area contributed by atoms with Crippen LogP contribution in [0.3, 0.4) is 0 Å². The van der Waals surface area contributed by atoms with Crippen LogP contribution in [0.5, 0.6) is 0 Å². The van der Waals surface area contributed by atoms with E-state index in [9.17, 15) is 5.11 Å². The molecular formula is C29H56O5. The molecule has 0 amide bonds. The molecule has 2 heterocycles. The van der Waals surface area contributed by atoms with Gasteiger partial charge < -0.3 is 24.4 Å². The summed E-state index contributed by atoms with van der Waals surface area (Å²) in [7, 11) is 1.00. The normalized spacial score (nSPS) is 25.9. The summed E-state index contributed by atoms with van der Waals surface area (Å²) in [5.74, 6) is 0.993. The fraction of sp³-hybridized carbons (Fsp3) is 0.793. The summed E-state index contributed by atoms with van der Waals surface area (Å²) < 4.78 is 16.7. The van der Waals surface area contributed by atoms with E-state index in [1.54, 1.807) is 0 Å². The van der Waals surface area contributed by atoms with Gasteiger partial charge in [-0.1, -0.05) is 66.9 Å². The number of aliphatic hydroxyl groups excluding tert-OH is 2. The van der Waals surface area contributed by atoms with Gasteiger partial charge in [-0.2, -0.15) is 0 Å². The maximum absolute atomic E-state index is 9.89. The van der Waals surface area contributed by atoms with Gasteiger partial charge in [-0.15, -0.1) is 0 Å². The summed E-state index contributed by atoms with van der Waals surface area (Å²) in [4.78, 5) is 0. The van der Waals surface area contributed by atoms with Gasteiger partial charge >= 0.3 is 0 Å². The molecule has 5 nitrogen and oxygen atoms in total. The molecule has 2 N–H and O–H groups in total. The first-order chi connectivity index (χ1) is 16.3. The zero-order valence-electron chi connectivity index (χ0n) is 23.5. The minimum atomic E-state index is -0.383. The largest absolute Gasteiger partial charge is 0.400 e. The molecule has 0 aliphatic carbocycles. The number of rotatable bonds is 10. The van der Waals surface area contributed by atoms with Gasteiger partial charge in [-0.25, -0.2) is 0 Å². The molecule has 0 aromatic rings.